The van der Waals surface area contributed by atoms with E-state index in [1.807, 2.05) is 6.07 Å². The third-order valence-electron chi connectivity index (χ3n) is 2.84. The zero-order chi connectivity index (χ0) is 13.9. The maximum atomic E-state index is 12.1. The molecule has 0 atom stereocenters. The Bertz CT molecular complexity index is 736. The second-order valence-corrected chi connectivity index (χ2v) is 5.19. The van der Waals surface area contributed by atoms with Crippen LogP contribution in [0.5, 0.6) is 0 Å². The van der Waals surface area contributed by atoms with E-state index in [0.29, 0.717) is 23.7 Å². The fourth-order valence-electron chi connectivity index (χ4n) is 1.86. The van der Waals surface area contributed by atoms with E-state index in [4.69, 9.17) is 5.73 Å². The molecule has 3 aromatic rings. The molecule has 3 aromatic heterocycles. The lowest BCUT2D eigenvalue weighted by atomic mass is 10.2. The van der Waals surface area contributed by atoms with Crippen molar-refractivity contribution < 1.29 is 4.79 Å². The van der Waals surface area contributed by atoms with E-state index >= 15 is 0 Å². The van der Waals surface area contributed by atoms with Crippen LogP contribution in [0.4, 0.5) is 5.69 Å². The van der Waals surface area contributed by atoms with Crippen LogP contribution in [0, 0.1) is 0 Å². The van der Waals surface area contributed by atoms with Gasteiger partial charge in [-0.2, -0.15) is 0 Å². The van der Waals surface area contributed by atoms with Crippen molar-refractivity contribution in [1.29, 1.82) is 0 Å². The number of rotatable bonds is 4. The summed E-state index contributed by atoms with van der Waals surface area (Å²) in [6.45, 7) is 1.03. The van der Waals surface area contributed by atoms with Crippen molar-refractivity contribution in [3.05, 3.63) is 35.7 Å². The number of hydrogen-bond donors (Lipinski definition) is 2. The third-order valence-corrected chi connectivity index (χ3v) is 3.99. The van der Waals surface area contributed by atoms with Gasteiger partial charge in [0.15, 0.2) is 0 Å². The number of carbonyl (C=O) groups excluding carboxylic acids is 1. The average Bonchev–Trinajstić information content (AvgIpc) is 3.08. The van der Waals surface area contributed by atoms with Gasteiger partial charge in [0.1, 0.15) is 4.88 Å². The first-order valence-electron chi connectivity index (χ1n) is 6.00. The lowest BCUT2D eigenvalue weighted by molar-refractivity contribution is 0.0957. The fourth-order valence-corrected chi connectivity index (χ4v) is 2.86. The molecular formula is C12H12N6OS. The summed E-state index contributed by atoms with van der Waals surface area (Å²) < 4.78 is 2.56. The van der Waals surface area contributed by atoms with Gasteiger partial charge in [0.05, 0.1) is 23.1 Å². The zero-order valence-corrected chi connectivity index (χ0v) is 11.3. The fraction of sp³-hybridized carbons (Fsp3) is 0.167. The Morgan fingerprint density at radius 1 is 1.45 bits per heavy atom. The van der Waals surface area contributed by atoms with Gasteiger partial charge in [-0.15, -0.1) is 16.4 Å². The Hall–Kier alpha value is -2.48. The maximum Gasteiger partial charge on any atom is 0.263 e. The molecule has 0 aliphatic heterocycles. The van der Waals surface area contributed by atoms with Crippen molar-refractivity contribution in [1.82, 2.24) is 25.3 Å². The summed E-state index contributed by atoms with van der Waals surface area (Å²) in [7, 11) is 0. The molecule has 0 aliphatic carbocycles. The number of anilines is 1. The highest BCUT2D eigenvalue weighted by Crippen LogP contribution is 2.32. The molecule has 3 heterocycles. The lowest BCUT2D eigenvalue weighted by Crippen LogP contribution is -2.27. The van der Waals surface area contributed by atoms with Gasteiger partial charge in [0.25, 0.3) is 5.91 Å². The summed E-state index contributed by atoms with van der Waals surface area (Å²) in [6, 6.07) is 1.81. The van der Waals surface area contributed by atoms with Crippen LogP contribution in [-0.2, 0) is 6.54 Å². The molecule has 102 valence electrons. The summed E-state index contributed by atoms with van der Waals surface area (Å²) in [5.41, 5.74) is 6.51. The summed E-state index contributed by atoms with van der Waals surface area (Å²) in [5, 5.41) is 11.2. The quantitative estimate of drug-likeness (QED) is 0.743. The predicted molar refractivity (Wildman–Crippen MR) is 76.4 cm³/mol. The van der Waals surface area contributed by atoms with E-state index < -0.39 is 0 Å². The second-order valence-electron chi connectivity index (χ2n) is 4.14. The van der Waals surface area contributed by atoms with Crippen LogP contribution in [0.3, 0.4) is 0 Å². The Morgan fingerprint density at radius 2 is 2.35 bits per heavy atom. The molecule has 0 aromatic carbocycles. The van der Waals surface area contributed by atoms with Crippen molar-refractivity contribution in [2.24, 2.45) is 0 Å². The van der Waals surface area contributed by atoms with E-state index in [1.165, 1.54) is 11.3 Å². The van der Waals surface area contributed by atoms with Crippen molar-refractivity contribution in [2.75, 3.05) is 12.3 Å². The number of aromatic nitrogens is 4. The minimum Gasteiger partial charge on any atom is -0.397 e. The molecule has 0 unspecified atom stereocenters. The number of fused-ring (bicyclic) bond motifs is 1. The highest BCUT2D eigenvalue weighted by molar-refractivity contribution is 7.21. The Morgan fingerprint density at radius 3 is 3.10 bits per heavy atom. The third kappa shape index (κ3) is 2.32. The minimum absolute atomic E-state index is 0.177. The van der Waals surface area contributed by atoms with Crippen LogP contribution in [-0.4, -0.2) is 32.4 Å². The molecule has 3 rings (SSSR count). The molecule has 0 saturated heterocycles. The van der Waals surface area contributed by atoms with E-state index in [1.54, 1.807) is 29.5 Å². The predicted octanol–water partition coefficient (Wildman–Crippen LogP) is 0.900. The van der Waals surface area contributed by atoms with Crippen molar-refractivity contribution in [2.45, 2.75) is 6.54 Å². The largest absolute Gasteiger partial charge is 0.397 e. The van der Waals surface area contributed by atoms with Crippen molar-refractivity contribution in [3.8, 4) is 0 Å². The Labute approximate surface area is 118 Å². The van der Waals surface area contributed by atoms with Crippen LogP contribution in [0.25, 0.3) is 10.1 Å². The zero-order valence-electron chi connectivity index (χ0n) is 10.5. The van der Waals surface area contributed by atoms with E-state index in [0.717, 1.165) is 10.1 Å². The average molecular weight is 288 g/mol. The molecule has 0 radical (unpaired) electrons. The molecule has 7 nitrogen and oxygen atoms in total. The minimum atomic E-state index is -0.177. The van der Waals surface area contributed by atoms with Gasteiger partial charge in [-0.3, -0.25) is 14.5 Å². The first-order valence-corrected chi connectivity index (χ1v) is 6.81. The van der Waals surface area contributed by atoms with Gasteiger partial charge in [-0.1, -0.05) is 5.21 Å². The van der Waals surface area contributed by atoms with E-state index in [9.17, 15) is 4.79 Å². The first kappa shape index (κ1) is 12.5. The van der Waals surface area contributed by atoms with Crippen LogP contribution in [0.2, 0.25) is 0 Å². The summed E-state index contributed by atoms with van der Waals surface area (Å²) in [4.78, 5) is 16.7. The standard InChI is InChI=1S/C12H12N6OS/c13-10-8-1-2-14-7-9(8)20-11(10)12(19)15-3-5-18-6-4-16-17-18/h1-2,4,6-7H,3,5,13H2,(H,15,19). The lowest BCUT2D eigenvalue weighted by Gasteiger charge is -2.04. The number of pyridine rings is 1. The van der Waals surface area contributed by atoms with Gasteiger partial charge in [0.2, 0.25) is 0 Å². The number of thiophene rings is 1. The Kier molecular flexibility index (Phi) is 3.30. The molecule has 0 saturated carbocycles. The van der Waals surface area contributed by atoms with Crippen LogP contribution in [0.15, 0.2) is 30.9 Å². The van der Waals surface area contributed by atoms with Gasteiger partial charge >= 0.3 is 0 Å². The first-order chi connectivity index (χ1) is 9.75. The van der Waals surface area contributed by atoms with Gasteiger partial charge in [-0.25, -0.2) is 0 Å². The molecule has 0 bridgehead atoms. The number of nitrogen functional groups attached to an aromatic ring is 1. The number of nitrogens with two attached hydrogens (primary N) is 1. The van der Waals surface area contributed by atoms with Crippen molar-refractivity contribution >= 4 is 33.0 Å². The number of nitrogens with zero attached hydrogens (tertiary/aromatic N) is 4. The molecular weight excluding hydrogens is 276 g/mol. The van der Waals surface area contributed by atoms with Crippen LogP contribution < -0.4 is 11.1 Å². The number of carbonyl (C=O) groups is 1. The molecule has 1 amide bonds. The van der Waals surface area contributed by atoms with Crippen LogP contribution >= 0.6 is 11.3 Å². The molecule has 8 heteroatoms. The summed E-state index contributed by atoms with van der Waals surface area (Å²) in [5.74, 6) is -0.177. The summed E-state index contributed by atoms with van der Waals surface area (Å²) >= 11 is 1.35. The normalized spacial score (nSPS) is 10.8. The van der Waals surface area contributed by atoms with Crippen LogP contribution in [0.1, 0.15) is 9.67 Å². The van der Waals surface area contributed by atoms with E-state index in [-0.39, 0.29) is 5.91 Å². The van der Waals surface area contributed by atoms with Gasteiger partial charge in [0, 0.05) is 30.5 Å². The molecule has 0 aliphatic rings. The smallest absolute Gasteiger partial charge is 0.263 e. The monoisotopic (exact) mass is 288 g/mol. The highest BCUT2D eigenvalue weighted by Gasteiger charge is 2.15. The Balaban J connectivity index is 1.71. The molecule has 0 fully saturated rings. The van der Waals surface area contributed by atoms with Gasteiger partial charge < -0.3 is 11.1 Å². The topological polar surface area (TPSA) is 98.7 Å². The van der Waals surface area contributed by atoms with Crippen molar-refractivity contribution in [3.63, 3.8) is 0 Å². The summed E-state index contributed by atoms with van der Waals surface area (Å²) in [6.07, 6.45) is 6.71. The van der Waals surface area contributed by atoms with Gasteiger partial charge in [-0.05, 0) is 6.07 Å². The number of amides is 1. The second kappa shape index (κ2) is 5.25. The SMILES string of the molecule is Nc1c(C(=O)NCCn2ccnn2)sc2cnccc12. The van der Waals surface area contributed by atoms with E-state index in [2.05, 4.69) is 20.6 Å². The molecule has 3 N–H and O–H groups in total. The molecule has 20 heavy (non-hydrogen) atoms. The number of hydrogen-bond acceptors (Lipinski definition) is 6. The number of nitrogens with one attached hydrogen (secondary N) is 1. The molecule has 0 spiro atoms. The highest BCUT2D eigenvalue weighted by atomic mass is 32.1. The maximum absolute atomic E-state index is 12.1.